The summed E-state index contributed by atoms with van der Waals surface area (Å²) in [6.07, 6.45) is 1.82. The van der Waals surface area contributed by atoms with Crippen molar-refractivity contribution in [1.82, 2.24) is 14.8 Å². The Balaban J connectivity index is 1.33. The molecule has 136 valence electrons. The molecule has 1 saturated carbocycles. The number of nitrogens with zero attached hydrogens (tertiary/aromatic N) is 3. The molecule has 1 atom stereocenters. The first kappa shape index (κ1) is 17.7. The Morgan fingerprint density at radius 1 is 1.23 bits per heavy atom. The second-order valence-corrected chi connectivity index (χ2v) is 8.35. The second-order valence-electron chi connectivity index (χ2n) is 6.33. The third-order valence-electron chi connectivity index (χ3n) is 4.10. The van der Waals surface area contributed by atoms with Crippen LogP contribution in [0.1, 0.15) is 29.5 Å². The highest BCUT2D eigenvalue weighted by Gasteiger charge is 2.30. The molecule has 1 aromatic carbocycles. The standard InChI is InChI=1S/C19H21N3O2S2/c23-16(11-24-12-17-7-4-10-25-17)13-26-19-20-18(14-8-9-14)22(21-19)15-5-2-1-3-6-15/h1-7,10,14,16,23H,8-9,11-13H2/t16-/m0/s1. The average molecular weight is 388 g/mol. The van der Waals surface area contributed by atoms with E-state index >= 15 is 0 Å². The van der Waals surface area contributed by atoms with Crippen molar-refractivity contribution in [2.45, 2.75) is 36.6 Å². The molecule has 1 fully saturated rings. The van der Waals surface area contributed by atoms with Gasteiger partial charge in [-0.3, -0.25) is 0 Å². The zero-order valence-corrected chi connectivity index (χ0v) is 16.0. The maximum atomic E-state index is 10.1. The Morgan fingerprint density at radius 3 is 2.81 bits per heavy atom. The highest BCUT2D eigenvalue weighted by molar-refractivity contribution is 7.99. The molecule has 5 nitrogen and oxygen atoms in total. The van der Waals surface area contributed by atoms with Gasteiger partial charge in [0.25, 0.3) is 0 Å². The zero-order valence-electron chi connectivity index (χ0n) is 14.3. The number of para-hydroxylation sites is 1. The number of aliphatic hydroxyl groups excluding tert-OH is 1. The topological polar surface area (TPSA) is 60.2 Å². The lowest BCUT2D eigenvalue weighted by Gasteiger charge is -2.09. The number of benzene rings is 1. The molecule has 4 rings (SSSR count). The van der Waals surface area contributed by atoms with E-state index in [9.17, 15) is 5.11 Å². The van der Waals surface area contributed by atoms with E-state index in [-0.39, 0.29) is 0 Å². The molecule has 1 aliphatic carbocycles. The van der Waals surface area contributed by atoms with Crippen LogP contribution in [0, 0.1) is 0 Å². The molecular formula is C19H21N3O2S2. The van der Waals surface area contributed by atoms with E-state index in [1.807, 2.05) is 52.5 Å². The van der Waals surface area contributed by atoms with Gasteiger partial charge in [0, 0.05) is 16.5 Å². The predicted octanol–water partition coefficient (Wildman–Crippen LogP) is 3.88. The van der Waals surface area contributed by atoms with Crippen molar-refractivity contribution in [3.05, 3.63) is 58.5 Å². The number of thiophene rings is 1. The lowest BCUT2D eigenvalue weighted by Crippen LogP contribution is -2.17. The highest BCUT2D eigenvalue weighted by atomic mass is 32.2. The third kappa shape index (κ3) is 4.54. The molecule has 2 aromatic heterocycles. The fraction of sp³-hybridized carbons (Fsp3) is 0.368. The minimum Gasteiger partial charge on any atom is -0.390 e. The molecule has 0 amide bonds. The Bertz CT molecular complexity index is 817. The Morgan fingerprint density at radius 2 is 2.08 bits per heavy atom. The molecule has 0 aliphatic heterocycles. The van der Waals surface area contributed by atoms with E-state index in [4.69, 9.17) is 9.72 Å². The monoisotopic (exact) mass is 387 g/mol. The summed E-state index contributed by atoms with van der Waals surface area (Å²) in [5.74, 6) is 2.06. The van der Waals surface area contributed by atoms with Gasteiger partial charge in [-0.15, -0.1) is 16.4 Å². The first-order valence-electron chi connectivity index (χ1n) is 8.73. The summed E-state index contributed by atoms with van der Waals surface area (Å²) in [6, 6.07) is 14.1. The number of aromatic nitrogens is 3. The van der Waals surface area contributed by atoms with Gasteiger partial charge in [0.15, 0.2) is 0 Å². The van der Waals surface area contributed by atoms with E-state index in [0.29, 0.717) is 30.0 Å². The van der Waals surface area contributed by atoms with Gasteiger partial charge in [-0.05, 0) is 36.4 Å². The van der Waals surface area contributed by atoms with Gasteiger partial charge in [0.05, 0.1) is 25.0 Å². The number of aliphatic hydroxyl groups is 1. The normalized spacial score (nSPS) is 15.3. The molecule has 0 bridgehead atoms. The quantitative estimate of drug-likeness (QED) is 0.565. The van der Waals surface area contributed by atoms with Gasteiger partial charge in [-0.1, -0.05) is 36.0 Å². The van der Waals surface area contributed by atoms with Gasteiger partial charge >= 0.3 is 0 Å². The smallest absolute Gasteiger partial charge is 0.209 e. The van der Waals surface area contributed by atoms with E-state index in [1.165, 1.54) is 29.5 Å². The summed E-state index contributed by atoms with van der Waals surface area (Å²) in [4.78, 5) is 5.87. The molecule has 26 heavy (non-hydrogen) atoms. The van der Waals surface area contributed by atoms with E-state index in [0.717, 1.165) is 11.5 Å². The van der Waals surface area contributed by atoms with Crippen LogP contribution in [0.3, 0.4) is 0 Å². The van der Waals surface area contributed by atoms with Gasteiger partial charge in [-0.25, -0.2) is 9.67 Å². The maximum absolute atomic E-state index is 10.1. The van der Waals surface area contributed by atoms with Crippen molar-refractivity contribution in [2.75, 3.05) is 12.4 Å². The SMILES string of the molecule is O[C@@H](COCc1cccs1)CSc1nc(C2CC2)n(-c2ccccc2)n1. The predicted molar refractivity (Wildman–Crippen MR) is 104 cm³/mol. The maximum Gasteiger partial charge on any atom is 0.209 e. The molecule has 7 heteroatoms. The van der Waals surface area contributed by atoms with Gasteiger partial charge in [0.2, 0.25) is 5.16 Å². The Kier molecular flexibility index (Phi) is 5.69. The summed E-state index contributed by atoms with van der Waals surface area (Å²) >= 11 is 3.14. The molecule has 0 spiro atoms. The fourth-order valence-corrected chi connectivity index (χ4v) is 4.02. The molecule has 1 aliphatic rings. The molecule has 0 saturated heterocycles. The molecule has 3 aromatic rings. The summed E-state index contributed by atoms with van der Waals surface area (Å²) < 4.78 is 7.52. The number of hydrogen-bond acceptors (Lipinski definition) is 6. The van der Waals surface area contributed by atoms with Gasteiger partial charge < -0.3 is 9.84 Å². The molecule has 2 heterocycles. The van der Waals surface area contributed by atoms with Crippen LogP contribution in [-0.4, -0.2) is 38.3 Å². The second kappa shape index (κ2) is 8.35. The van der Waals surface area contributed by atoms with Crippen LogP contribution in [-0.2, 0) is 11.3 Å². The Labute approximate surface area is 161 Å². The summed E-state index contributed by atoms with van der Waals surface area (Å²) in [5.41, 5.74) is 1.04. The minimum absolute atomic E-state index is 0.319. The van der Waals surface area contributed by atoms with E-state index in [2.05, 4.69) is 5.10 Å². The molecular weight excluding hydrogens is 366 g/mol. The van der Waals surface area contributed by atoms with Crippen molar-refractivity contribution < 1.29 is 9.84 Å². The number of hydrogen-bond donors (Lipinski definition) is 1. The van der Waals surface area contributed by atoms with Crippen LogP contribution >= 0.6 is 23.1 Å². The third-order valence-corrected chi connectivity index (χ3v) is 5.93. The molecule has 0 radical (unpaired) electrons. The van der Waals surface area contributed by atoms with Gasteiger partial charge in [-0.2, -0.15) is 0 Å². The van der Waals surface area contributed by atoms with Crippen LogP contribution in [0.25, 0.3) is 5.69 Å². The first-order valence-corrected chi connectivity index (χ1v) is 10.6. The molecule has 1 N–H and O–H groups in total. The van der Waals surface area contributed by atoms with Gasteiger partial charge in [0.1, 0.15) is 5.82 Å². The largest absolute Gasteiger partial charge is 0.390 e. The van der Waals surface area contributed by atoms with Crippen molar-refractivity contribution in [2.24, 2.45) is 0 Å². The minimum atomic E-state index is -0.534. The highest BCUT2D eigenvalue weighted by Crippen LogP contribution is 2.40. The number of ether oxygens (including phenoxy) is 1. The van der Waals surface area contributed by atoms with Crippen molar-refractivity contribution in [3.8, 4) is 5.69 Å². The van der Waals surface area contributed by atoms with Crippen molar-refractivity contribution in [3.63, 3.8) is 0 Å². The van der Waals surface area contributed by atoms with Crippen LogP contribution in [0.2, 0.25) is 0 Å². The number of rotatable bonds is 9. The fourth-order valence-electron chi connectivity index (χ4n) is 2.64. The first-order chi connectivity index (χ1) is 12.8. The number of thioether (sulfide) groups is 1. The van der Waals surface area contributed by atoms with Crippen LogP contribution in [0.4, 0.5) is 0 Å². The van der Waals surface area contributed by atoms with Crippen LogP contribution in [0.15, 0.2) is 53.0 Å². The van der Waals surface area contributed by atoms with Crippen LogP contribution < -0.4 is 0 Å². The zero-order chi connectivity index (χ0) is 17.8. The average Bonchev–Trinajstić information content (AvgIpc) is 3.21. The summed E-state index contributed by atoms with van der Waals surface area (Å²) in [5, 5.41) is 17.5. The van der Waals surface area contributed by atoms with E-state index < -0.39 is 6.10 Å². The molecule has 0 unspecified atom stereocenters. The van der Waals surface area contributed by atoms with Crippen molar-refractivity contribution >= 4 is 23.1 Å². The lowest BCUT2D eigenvalue weighted by atomic mass is 10.3. The summed E-state index contributed by atoms with van der Waals surface area (Å²) in [6.45, 7) is 0.867. The lowest BCUT2D eigenvalue weighted by molar-refractivity contribution is 0.0409. The van der Waals surface area contributed by atoms with Crippen LogP contribution in [0.5, 0.6) is 0 Å². The Hall–Kier alpha value is -1.67. The van der Waals surface area contributed by atoms with E-state index in [1.54, 1.807) is 11.3 Å². The summed E-state index contributed by atoms with van der Waals surface area (Å²) in [7, 11) is 0. The van der Waals surface area contributed by atoms with Crippen molar-refractivity contribution in [1.29, 1.82) is 0 Å².